The highest BCUT2D eigenvalue weighted by molar-refractivity contribution is 7.89. The Morgan fingerprint density at radius 3 is 2.76 bits per heavy atom. The SMILES string of the molecule is O=C(O)N1CCc2c(cccc2S(=O)(=O)NCCC2CCN(CCc3coc4ccc(F)cc34)CC2)C1. The maximum absolute atomic E-state index is 13.6. The zero-order chi connectivity index (χ0) is 26.0. The molecule has 0 radical (unpaired) electrons. The van der Waals surface area contributed by atoms with Gasteiger partial charge in [0.2, 0.25) is 10.0 Å². The maximum Gasteiger partial charge on any atom is 0.407 e. The minimum Gasteiger partial charge on any atom is -0.465 e. The van der Waals surface area contributed by atoms with Crippen molar-refractivity contribution in [2.45, 2.75) is 43.5 Å². The van der Waals surface area contributed by atoms with E-state index in [0.29, 0.717) is 36.6 Å². The summed E-state index contributed by atoms with van der Waals surface area (Å²) >= 11 is 0. The van der Waals surface area contributed by atoms with Crippen LogP contribution in [0.5, 0.6) is 0 Å². The predicted molar refractivity (Wildman–Crippen MR) is 137 cm³/mol. The van der Waals surface area contributed by atoms with Crippen LogP contribution >= 0.6 is 0 Å². The van der Waals surface area contributed by atoms with Crippen LogP contribution < -0.4 is 4.72 Å². The first kappa shape index (κ1) is 25.7. The van der Waals surface area contributed by atoms with Gasteiger partial charge in [0.15, 0.2) is 0 Å². The molecule has 0 saturated carbocycles. The molecule has 0 unspecified atom stereocenters. The predicted octanol–water partition coefficient (Wildman–Crippen LogP) is 4.23. The van der Waals surface area contributed by atoms with Crippen molar-refractivity contribution in [1.82, 2.24) is 14.5 Å². The van der Waals surface area contributed by atoms with E-state index in [1.54, 1.807) is 30.5 Å². The molecular formula is C27H32FN3O5S. The molecule has 1 fully saturated rings. The van der Waals surface area contributed by atoms with Crippen molar-refractivity contribution in [3.05, 3.63) is 65.2 Å². The van der Waals surface area contributed by atoms with E-state index >= 15 is 0 Å². The Balaban J connectivity index is 1.09. The van der Waals surface area contributed by atoms with Crippen LogP contribution in [0.2, 0.25) is 0 Å². The highest BCUT2D eigenvalue weighted by atomic mass is 32.2. The van der Waals surface area contributed by atoms with Crippen molar-refractivity contribution in [3.63, 3.8) is 0 Å². The van der Waals surface area contributed by atoms with E-state index < -0.39 is 16.1 Å². The highest BCUT2D eigenvalue weighted by Crippen LogP contribution is 2.27. The van der Waals surface area contributed by atoms with Gasteiger partial charge in [-0.15, -0.1) is 0 Å². The van der Waals surface area contributed by atoms with Crippen molar-refractivity contribution in [2.24, 2.45) is 5.92 Å². The molecule has 2 N–H and O–H groups in total. The minimum absolute atomic E-state index is 0.209. The van der Waals surface area contributed by atoms with Gasteiger partial charge in [-0.25, -0.2) is 22.3 Å². The van der Waals surface area contributed by atoms with E-state index in [-0.39, 0.29) is 17.3 Å². The van der Waals surface area contributed by atoms with E-state index in [1.807, 2.05) is 0 Å². The van der Waals surface area contributed by atoms with Gasteiger partial charge in [0.05, 0.1) is 11.2 Å². The number of hydrogen-bond acceptors (Lipinski definition) is 5. The topological polar surface area (TPSA) is 103 Å². The van der Waals surface area contributed by atoms with Gasteiger partial charge in [-0.1, -0.05) is 12.1 Å². The van der Waals surface area contributed by atoms with E-state index in [1.165, 1.54) is 17.0 Å². The van der Waals surface area contributed by atoms with E-state index in [0.717, 1.165) is 61.8 Å². The summed E-state index contributed by atoms with van der Waals surface area (Å²) in [5.74, 6) is 0.195. The molecular weight excluding hydrogens is 497 g/mol. The summed E-state index contributed by atoms with van der Waals surface area (Å²) < 4.78 is 48.0. The number of nitrogens with one attached hydrogen (secondary N) is 1. The van der Waals surface area contributed by atoms with Gasteiger partial charge in [-0.05, 0) is 92.1 Å². The van der Waals surface area contributed by atoms with Crippen LogP contribution in [-0.4, -0.2) is 62.1 Å². The molecule has 1 saturated heterocycles. The number of carbonyl (C=O) groups is 1. The van der Waals surface area contributed by atoms with Gasteiger partial charge < -0.3 is 19.3 Å². The van der Waals surface area contributed by atoms with Crippen LogP contribution in [0.1, 0.15) is 36.0 Å². The van der Waals surface area contributed by atoms with Crippen molar-refractivity contribution in [1.29, 1.82) is 0 Å². The number of carboxylic acid groups (broad SMARTS) is 1. The molecule has 0 atom stereocenters. The standard InChI is InChI=1S/C27H32FN3O5S/c28-22-4-5-25-24(16-22)21(18-36-25)9-14-30-12-7-19(8-13-30)6-11-29-37(34,35)26-3-1-2-20-17-31(27(32)33)15-10-23(20)26/h1-5,16,18-19,29H,6-15,17H2,(H,32,33). The summed E-state index contributed by atoms with van der Waals surface area (Å²) in [6, 6.07) is 9.67. The summed E-state index contributed by atoms with van der Waals surface area (Å²) in [5.41, 5.74) is 3.19. The summed E-state index contributed by atoms with van der Waals surface area (Å²) in [4.78, 5) is 15.2. The lowest BCUT2D eigenvalue weighted by atomic mass is 9.93. The summed E-state index contributed by atoms with van der Waals surface area (Å²) in [6.45, 7) is 3.66. The third-order valence-electron chi connectivity index (χ3n) is 7.65. The molecule has 3 aromatic rings. The Morgan fingerprint density at radius 1 is 1.16 bits per heavy atom. The minimum atomic E-state index is -3.67. The van der Waals surface area contributed by atoms with Gasteiger partial charge in [0.25, 0.3) is 0 Å². The molecule has 37 heavy (non-hydrogen) atoms. The first-order valence-corrected chi connectivity index (χ1v) is 14.2. The molecule has 0 aliphatic carbocycles. The molecule has 1 aromatic heterocycles. The van der Waals surface area contributed by atoms with Gasteiger partial charge in [0.1, 0.15) is 11.4 Å². The largest absolute Gasteiger partial charge is 0.465 e. The quantitative estimate of drug-likeness (QED) is 0.453. The average molecular weight is 530 g/mol. The van der Waals surface area contributed by atoms with Crippen molar-refractivity contribution >= 4 is 27.1 Å². The zero-order valence-corrected chi connectivity index (χ0v) is 21.5. The van der Waals surface area contributed by atoms with E-state index in [9.17, 15) is 22.7 Å². The van der Waals surface area contributed by atoms with Gasteiger partial charge >= 0.3 is 6.09 Å². The molecule has 198 valence electrons. The second-order valence-electron chi connectivity index (χ2n) is 9.97. The molecule has 10 heteroatoms. The number of furan rings is 1. The number of likely N-dealkylation sites (tertiary alicyclic amines) is 1. The zero-order valence-electron chi connectivity index (χ0n) is 20.7. The smallest absolute Gasteiger partial charge is 0.407 e. The van der Waals surface area contributed by atoms with Gasteiger partial charge in [-0.2, -0.15) is 0 Å². The molecule has 1 amide bonds. The number of halogens is 1. The average Bonchev–Trinajstić information content (AvgIpc) is 3.29. The molecule has 0 spiro atoms. The number of sulfonamides is 1. The van der Waals surface area contributed by atoms with Crippen molar-refractivity contribution in [2.75, 3.05) is 32.7 Å². The Kier molecular flexibility index (Phi) is 7.50. The van der Waals surface area contributed by atoms with Gasteiger partial charge in [-0.3, -0.25) is 0 Å². The van der Waals surface area contributed by atoms with Crippen molar-refractivity contribution in [3.8, 4) is 0 Å². The fourth-order valence-corrected chi connectivity index (χ4v) is 6.85. The lowest BCUT2D eigenvalue weighted by Gasteiger charge is -2.32. The summed E-state index contributed by atoms with van der Waals surface area (Å²) in [5, 5.41) is 10.1. The third kappa shape index (κ3) is 5.81. The number of fused-ring (bicyclic) bond motifs is 2. The van der Waals surface area contributed by atoms with Crippen molar-refractivity contribution < 1.29 is 27.1 Å². The lowest BCUT2D eigenvalue weighted by molar-refractivity contribution is 0.139. The number of nitrogens with zero attached hydrogens (tertiary/aromatic N) is 2. The second-order valence-corrected chi connectivity index (χ2v) is 11.7. The number of benzene rings is 2. The first-order valence-electron chi connectivity index (χ1n) is 12.8. The van der Waals surface area contributed by atoms with Crippen LogP contribution in [0.4, 0.5) is 9.18 Å². The van der Waals surface area contributed by atoms with Crippen LogP contribution in [0.3, 0.4) is 0 Å². The lowest BCUT2D eigenvalue weighted by Crippen LogP contribution is -2.37. The number of amides is 1. The Hall–Kier alpha value is -2.95. The molecule has 0 bridgehead atoms. The van der Waals surface area contributed by atoms with Crippen LogP contribution in [-0.2, 0) is 29.4 Å². The van der Waals surface area contributed by atoms with Crippen LogP contribution in [0.15, 0.2) is 52.0 Å². The second kappa shape index (κ2) is 10.8. The fourth-order valence-electron chi connectivity index (χ4n) is 5.49. The van der Waals surface area contributed by atoms with Crippen LogP contribution in [0, 0.1) is 11.7 Å². The summed E-state index contributed by atoms with van der Waals surface area (Å²) in [6.07, 6.45) is 4.71. The molecule has 2 aliphatic rings. The molecule has 8 nitrogen and oxygen atoms in total. The van der Waals surface area contributed by atoms with E-state index in [4.69, 9.17) is 4.42 Å². The molecule has 3 heterocycles. The van der Waals surface area contributed by atoms with Crippen LogP contribution in [0.25, 0.3) is 11.0 Å². The molecule has 2 aromatic carbocycles. The number of hydrogen-bond donors (Lipinski definition) is 2. The summed E-state index contributed by atoms with van der Waals surface area (Å²) in [7, 11) is -3.67. The maximum atomic E-state index is 13.6. The molecule has 5 rings (SSSR count). The van der Waals surface area contributed by atoms with Gasteiger partial charge in [0, 0.05) is 31.6 Å². The molecule has 2 aliphatic heterocycles. The highest BCUT2D eigenvalue weighted by Gasteiger charge is 2.27. The monoisotopic (exact) mass is 529 g/mol. The van der Waals surface area contributed by atoms with E-state index in [2.05, 4.69) is 9.62 Å². The fraction of sp³-hybridized carbons (Fsp3) is 0.444. The third-order valence-corrected chi connectivity index (χ3v) is 9.19. The first-order chi connectivity index (χ1) is 17.8. The normalized spacial score (nSPS) is 17.3. The Bertz CT molecular complexity index is 1380. The Morgan fingerprint density at radius 2 is 1.97 bits per heavy atom. The Labute approximate surface area is 216 Å². The number of rotatable bonds is 8. The number of piperidine rings is 1.